The Morgan fingerprint density at radius 1 is 1.08 bits per heavy atom. The summed E-state index contributed by atoms with van der Waals surface area (Å²) in [5.74, 6) is 0.219. The van der Waals surface area contributed by atoms with Crippen molar-refractivity contribution in [3.8, 4) is 0 Å². The molecule has 1 aliphatic carbocycles. The largest absolute Gasteiger partial charge is 0.336 e. The highest BCUT2D eigenvalue weighted by Crippen LogP contribution is 2.47. The third-order valence-corrected chi connectivity index (χ3v) is 8.64. The maximum atomic E-state index is 13.8. The highest BCUT2D eigenvalue weighted by atomic mass is 35.5. The molecule has 2 aliphatic heterocycles. The molecule has 1 saturated carbocycles. The van der Waals surface area contributed by atoms with E-state index in [4.69, 9.17) is 11.6 Å². The predicted octanol–water partition coefficient (Wildman–Crippen LogP) is 3.72. The molecular weight excluding hydrogens is 370 g/mol. The summed E-state index contributed by atoms with van der Waals surface area (Å²) in [6.07, 6.45) is 8.25. The summed E-state index contributed by atoms with van der Waals surface area (Å²) in [7, 11) is -3.04. The van der Waals surface area contributed by atoms with Gasteiger partial charge in [0.25, 0.3) is 0 Å². The van der Waals surface area contributed by atoms with Crippen LogP contribution in [0.2, 0.25) is 5.02 Å². The summed E-state index contributed by atoms with van der Waals surface area (Å²) in [6.45, 7) is 0. The number of sulfone groups is 1. The van der Waals surface area contributed by atoms with Crippen molar-refractivity contribution >= 4 is 27.3 Å². The molecular formula is C20H26ClNO3S. The van der Waals surface area contributed by atoms with Gasteiger partial charge in [-0.15, -0.1) is 0 Å². The van der Waals surface area contributed by atoms with Crippen LogP contribution in [0.4, 0.5) is 0 Å². The zero-order valence-corrected chi connectivity index (χ0v) is 16.7. The fourth-order valence-electron chi connectivity index (χ4n) is 5.43. The Balaban J connectivity index is 1.65. The van der Waals surface area contributed by atoms with E-state index in [0.29, 0.717) is 17.9 Å². The number of amides is 1. The SMILES string of the molecule is CS(=O)(=O)C1CC2CCC(C1)N2C(=O)C1(c2ccc(Cl)cc2)CCCC1. The first-order valence-electron chi connectivity index (χ1n) is 9.59. The minimum atomic E-state index is -3.04. The summed E-state index contributed by atoms with van der Waals surface area (Å²) in [5.41, 5.74) is 0.609. The van der Waals surface area contributed by atoms with Crippen molar-refractivity contribution in [1.82, 2.24) is 4.90 Å². The summed E-state index contributed by atoms with van der Waals surface area (Å²) in [4.78, 5) is 15.8. The molecule has 6 heteroatoms. The molecule has 0 spiro atoms. The molecule has 1 aromatic rings. The number of halogens is 1. The van der Waals surface area contributed by atoms with E-state index >= 15 is 0 Å². The summed E-state index contributed by atoms with van der Waals surface area (Å²) in [6, 6.07) is 7.88. The normalized spacial score (nSPS) is 30.5. The second kappa shape index (κ2) is 6.52. The smallest absolute Gasteiger partial charge is 0.233 e. The molecule has 3 fully saturated rings. The molecule has 3 aliphatic rings. The summed E-state index contributed by atoms with van der Waals surface area (Å²) >= 11 is 6.05. The summed E-state index contributed by atoms with van der Waals surface area (Å²) in [5, 5.41) is 0.391. The molecule has 2 bridgehead atoms. The molecule has 2 heterocycles. The van der Waals surface area contributed by atoms with Crippen LogP contribution in [-0.4, -0.2) is 42.8 Å². The van der Waals surface area contributed by atoms with Crippen LogP contribution < -0.4 is 0 Å². The third kappa shape index (κ3) is 2.97. The van der Waals surface area contributed by atoms with E-state index in [1.54, 1.807) is 0 Å². The highest BCUT2D eigenvalue weighted by Gasteiger charge is 2.52. The molecule has 4 nitrogen and oxygen atoms in total. The first-order chi connectivity index (χ1) is 12.3. The number of piperidine rings is 1. The second-order valence-electron chi connectivity index (χ2n) is 8.32. The van der Waals surface area contributed by atoms with Crippen LogP contribution in [0.15, 0.2) is 24.3 Å². The fourth-order valence-corrected chi connectivity index (χ4v) is 6.70. The Morgan fingerprint density at radius 2 is 1.62 bits per heavy atom. The average molecular weight is 396 g/mol. The van der Waals surface area contributed by atoms with Gasteiger partial charge in [-0.3, -0.25) is 4.79 Å². The monoisotopic (exact) mass is 395 g/mol. The Hall–Kier alpha value is -1.07. The van der Waals surface area contributed by atoms with Gasteiger partial charge in [0, 0.05) is 23.4 Å². The maximum absolute atomic E-state index is 13.8. The number of benzene rings is 1. The molecule has 2 saturated heterocycles. The molecule has 1 aromatic carbocycles. The van der Waals surface area contributed by atoms with Crippen molar-refractivity contribution in [2.75, 3.05) is 6.26 Å². The van der Waals surface area contributed by atoms with Crippen LogP contribution in [0.5, 0.6) is 0 Å². The Morgan fingerprint density at radius 3 is 2.12 bits per heavy atom. The first kappa shape index (κ1) is 18.3. The lowest BCUT2D eigenvalue weighted by Gasteiger charge is -2.43. The zero-order chi connectivity index (χ0) is 18.5. The van der Waals surface area contributed by atoms with Crippen LogP contribution in [0.3, 0.4) is 0 Å². The minimum absolute atomic E-state index is 0.0748. The zero-order valence-electron chi connectivity index (χ0n) is 15.2. The van der Waals surface area contributed by atoms with Crippen molar-refractivity contribution < 1.29 is 13.2 Å². The molecule has 26 heavy (non-hydrogen) atoms. The average Bonchev–Trinajstić information content (AvgIpc) is 3.18. The van der Waals surface area contributed by atoms with Gasteiger partial charge in [0.15, 0.2) is 0 Å². The number of rotatable bonds is 3. The standard InChI is InChI=1S/C20H26ClNO3S/c1-26(24,25)18-12-16-8-9-17(13-18)22(16)19(23)20(10-2-3-11-20)14-4-6-15(21)7-5-14/h4-7,16-18H,2-3,8-13H2,1H3. The molecule has 4 rings (SSSR count). The van der Waals surface area contributed by atoms with Gasteiger partial charge in [0.2, 0.25) is 5.91 Å². The number of nitrogens with zero attached hydrogens (tertiary/aromatic N) is 1. The maximum Gasteiger partial charge on any atom is 0.233 e. The van der Waals surface area contributed by atoms with Gasteiger partial charge in [0.1, 0.15) is 9.84 Å². The van der Waals surface area contributed by atoms with Crippen molar-refractivity contribution in [2.45, 2.75) is 74.1 Å². The van der Waals surface area contributed by atoms with Gasteiger partial charge in [0.05, 0.1) is 10.7 Å². The van der Waals surface area contributed by atoms with Gasteiger partial charge in [-0.1, -0.05) is 36.6 Å². The lowest BCUT2D eigenvalue weighted by atomic mass is 9.76. The van der Waals surface area contributed by atoms with E-state index in [-0.39, 0.29) is 23.2 Å². The lowest BCUT2D eigenvalue weighted by molar-refractivity contribution is -0.141. The highest BCUT2D eigenvalue weighted by molar-refractivity contribution is 7.91. The second-order valence-corrected chi connectivity index (χ2v) is 11.1. The topological polar surface area (TPSA) is 54.5 Å². The van der Waals surface area contributed by atoms with Crippen LogP contribution >= 0.6 is 11.6 Å². The van der Waals surface area contributed by atoms with E-state index in [0.717, 1.165) is 44.1 Å². The quantitative estimate of drug-likeness (QED) is 0.783. The van der Waals surface area contributed by atoms with Crippen molar-refractivity contribution in [2.24, 2.45) is 0 Å². The molecule has 0 radical (unpaired) electrons. The van der Waals surface area contributed by atoms with Crippen LogP contribution in [0.25, 0.3) is 0 Å². The minimum Gasteiger partial charge on any atom is -0.336 e. The third-order valence-electron chi connectivity index (χ3n) is 6.79. The Bertz CT molecular complexity index is 785. The molecule has 142 valence electrons. The molecule has 2 atom stereocenters. The van der Waals surface area contributed by atoms with Crippen molar-refractivity contribution in [3.05, 3.63) is 34.9 Å². The number of hydrogen-bond donors (Lipinski definition) is 0. The Kier molecular flexibility index (Phi) is 4.59. The van der Waals surface area contributed by atoms with Gasteiger partial charge >= 0.3 is 0 Å². The molecule has 1 amide bonds. The van der Waals surface area contributed by atoms with Crippen molar-refractivity contribution in [3.63, 3.8) is 0 Å². The van der Waals surface area contributed by atoms with Crippen LogP contribution in [0, 0.1) is 0 Å². The van der Waals surface area contributed by atoms with Crippen LogP contribution in [0.1, 0.15) is 56.9 Å². The van der Waals surface area contributed by atoms with Gasteiger partial charge in [-0.25, -0.2) is 8.42 Å². The van der Waals surface area contributed by atoms with E-state index in [1.807, 2.05) is 24.3 Å². The van der Waals surface area contributed by atoms with E-state index in [1.165, 1.54) is 6.26 Å². The molecule has 0 N–H and O–H groups in total. The predicted molar refractivity (Wildman–Crippen MR) is 103 cm³/mol. The first-order valence-corrected chi connectivity index (χ1v) is 11.9. The number of carbonyl (C=O) groups excluding carboxylic acids is 1. The van der Waals surface area contributed by atoms with Crippen molar-refractivity contribution in [1.29, 1.82) is 0 Å². The molecule has 0 aromatic heterocycles. The Labute approximate surface area is 160 Å². The van der Waals surface area contributed by atoms with E-state index in [2.05, 4.69) is 4.90 Å². The molecule has 2 unspecified atom stereocenters. The van der Waals surface area contributed by atoms with Gasteiger partial charge < -0.3 is 4.90 Å². The van der Waals surface area contributed by atoms with Crippen LogP contribution in [-0.2, 0) is 20.0 Å². The summed E-state index contributed by atoms with van der Waals surface area (Å²) < 4.78 is 24.1. The van der Waals surface area contributed by atoms with E-state index < -0.39 is 15.3 Å². The lowest BCUT2D eigenvalue weighted by Crippen LogP contribution is -2.55. The van der Waals surface area contributed by atoms with E-state index in [9.17, 15) is 13.2 Å². The number of carbonyl (C=O) groups is 1. The number of fused-ring (bicyclic) bond motifs is 2. The van der Waals surface area contributed by atoms with Gasteiger partial charge in [-0.05, 0) is 56.2 Å². The van der Waals surface area contributed by atoms with Gasteiger partial charge in [-0.2, -0.15) is 0 Å². The fraction of sp³-hybridized carbons (Fsp3) is 0.650. The number of hydrogen-bond acceptors (Lipinski definition) is 3.